The first-order valence-corrected chi connectivity index (χ1v) is 8.89. The van der Waals surface area contributed by atoms with Crippen molar-refractivity contribution in [2.24, 2.45) is 7.05 Å². The van der Waals surface area contributed by atoms with Gasteiger partial charge in [0.2, 0.25) is 0 Å². The van der Waals surface area contributed by atoms with Crippen LogP contribution in [0.1, 0.15) is 24.6 Å². The van der Waals surface area contributed by atoms with E-state index < -0.39 is 0 Å². The van der Waals surface area contributed by atoms with E-state index in [1.54, 1.807) is 16.0 Å². The van der Waals surface area contributed by atoms with Crippen LogP contribution in [0.3, 0.4) is 0 Å². The molecule has 0 atom stereocenters. The topological polar surface area (TPSA) is 68.5 Å². The first-order valence-electron chi connectivity index (χ1n) is 8.07. The summed E-state index contributed by atoms with van der Waals surface area (Å²) in [6, 6.07) is 5.93. The highest BCUT2D eigenvalue weighted by Gasteiger charge is 2.08. The Morgan fingerprint density at radius 3 is 2.64 bits per heavy atom. The molecule has 0 saturated heterocycles. The van der Waals surface area contributed by atoms with Gasteiger partial charge in [-0.05, 0) is 24.1 Å². The van der Waals surface area contributed by atoms with Gasteiger partial charge in [0, 0.05) is 41.6 Å². The fraction of sp³-hybridized carbons (Fsp3) is 0.222. The molecular weight excluding hydrogens is 332 g/mol. The summed E-state index contributed by atoms with van der Waals surface area (Å²) < 4.78 is 1.78. The summed E-state index contributed by atoms with van der Waals surface area (Å²) in [5, 5.41) is 8.35. The first-order chi connectivity index (χ1) is 12.1. The van der Waals surface area contributed by atoms with Crippen LogP contribution in [0.15, 0.2) is 43.0 Å². The molecule has 4 rings (SSSR count). The zero-order valence-electron chi connectivity index (χ0n) is 14.3. The number of nitrogens with zero attached hydrogens (tertiary/aromatic N) is 5. The van der Waals surface area contributed by atoms with Crippen molar-refractivity contribution >= 4 is 33.3 Å². The summed E-state index contributed by atoms with van der Waals surface area (Å²) in [6.07, 6.45) is 7.56. The van der Waals surface area contributed by atoms with Crippen LogP contribution in [-0.2, 0) is 7.05 Å². The van der Waals surface area contributed by atoms with Crippen LogP contribution in [0.5, 0.6) is 0 Å². The minimum absolute atomic E-state index is 0.476. The maximum absolute atomic E-state index is 4.68. The summed E-state index contributed by atoms with van der Waals surface area (Å²) in [6.45, 7) is 4.33. The summed E-state index contributed by atoms with van der Waals surface area (Å²) in [5.74, 6) is 1.24. The molecule has 0 amide bonds. The lowest BCUT2D eigenvalue weighted by atomic mass is 10.1. The highest BCUT2D eigenvalue weighted by molar-refractivity contribution is 7.15. The lowest BCUT2D eigenvalue weighted by molar-refractivity contribution is 0.768. The molecule has 0 radical (unpaired) electrons. The van der Waals surface area contributed by atoms with Crippen LogP contribution in [0, 0.1) is 0 Å². The zero-order chi connectivity index (χ0) is 17.4. The Labute approximate surface area is 149 Å². The predicted molar refractivity (Wildman–Crippen MR) is 101 cm³/mol. The van der Waals surface area contributed by atoms with Crippen molar-refractivity contribution < 1.29 is 0 Å². The van der Waals surface area contributed by atoms with Crippen LogP contribution in [0.2, 0.25) is 0 Å². The normalized spacial score (nSPS) is 11.4. The summed E-state index contributed by atoms with van der Waals surface area (Å²) in [4.78, 5) is 14.9. The molecule has 0 aliphatic carbocycles. The third-order valence-corrected chi connectivity index (χ3v) is 5.12. The van der Waals surface area contributed by atoms with Crippen molar-refractivity contribution in [2.45, 2.75) is 19.8 Å². The fourth-order valence-electron chi connectivity index (χ4n) is 2.53. The number of nitrogens with one attached hydrogen (secondary N) is 1. The number of thiazole rings is 1. The molecule has 0 aromatic carbocycles. The van der Waals surface area contributed by atoms with E-state index in [0.717, 1.165) is 33.1 Å². The van der Waals surface area contributed by atoms with Gasteiger partial charge in [-0.2, -0.15) is 5.10 Å². The Morgan fingerprint density at radius 1 is 1.04 bits per heavy atom. The quantitative estimate of drug-likeness (QED) is 0.592. The van der Waals surface area contributed by atoms with Gasteiger partial charge in [0.15, 0.2) is 5.13 Å². The molecular formula is C18H18N6S. The zero-order valence-corrected chi connectivity index (χ0v) is 15.1. The summed E-state index contributed by atoms with van der Waals surface area (Å²) in [7, 11) is 1.90. The average Bonchev–Trinajstić information content (AvgIpc) is 3.23. The van der Waals surface area contributed by atoms with Crippen molar-refractivity contribution in [2.75, 3.05) is 5.32 Å². The molecule has 126 valence electrons. The number of hydrogen-bond acceptors (Lipinski definition) is 6. The van der Waals surface area contributed by atoms with Gasteiger partial charge in [-0.25, -0.2) is 9.97 Å². The van der Waals surface area contributed by atoms with E-state index in [1.807, 2.05) is 50.0 Å². The van der Waals surface area contributed by atoms with Crippen molar-refractivity contribution in [3.05, 3.63) is 47.9 Å². The molecule has 0 aliphatic heterocycles. The van der Waals surface area contributed by atoms with Crippen LogP contribution < -0.4 is 5.32 Å². The molecule has 0 spiro atoms. The third kappa shape index (κ3) is 3.23. The number of pyridine rings is 2. The van der Waals surface area contributed by atoms with E-state index in [4.69, 9.17) is 0 Å². The molecule has 4 aromatic heterocycles. The largest absolute Gasteiger partial charge is 0.316 e. The van der Waals surface area contributed by atoms with Gasteiger partial charge in [-0.1, -0.05) is 13.8 Å². The highest BCUT2D eigenvalue weighted by Crippen LogP contribution is 2.28. The second-order valence-electron chi connectivity index (χ2n) is 6.21. The second-order valence-corrected chi connectivity index (χ2v) is 7.27. The maximum atomic E-state index is 4.68. The molecule has 1 N–H and O–H groups in total. The van der Waals surface area contributed by atoms with E-state index in [0.29, 0.717) is 5.92 Å². The Morgan fingerprint density at radius 2 is 1.92 bits per heavy atom. The van der Waals surface area contributed by atoms with Gasteiger partial charge >= 0.3 is 0 Å². The minimum atomic E-state index is 0.476. The van der Waals surface area contributed by atoms with Gasteiger partial charge in [0.05, 0.1) is 17.2 Å². The Bertz CT molecular complexity index is 1030. The van der Waals surface area contributed by atoms with Gasteiger partial charge in [0.25, 0.3) is 0 Å². The Balaban J connectivity index is 1.66. The van der Waals surface area contributed by atoms with E-state index in [9.17, 15) is 0 Å². The molecule has 6 nitrogen and oxygen atoms in total. The lowest BCUT2D eigenvalue weighted by Crippen LogP contribution is -1.94. The monoisotopic (exact) mass is 350 g/mol. The smallest absolute Gasteiger partial charge is 0.188 e. The molecule has 0 saturated carbocycles. The van der Waals surface area contributed by atoms with E-state index in [2.05, 4.69) is 39.2 Å². The number of aromatic nitrogens is 5. The van der Waals surface area contributed by atoms with E-state index in [1.165, 1.54) is 4.88 Å². The number of anilines is 2. The van der Waals surface area contributed by atoms with Crippen molar-refractivity contribution in [1.82, 2.24) is 24.7 Å². The second kappa shape index (κ2) is 6.25. The third-order valence-electron chi connectivity index (χ3n) is 3.90. The number of rotatable bonds is 4. The Hall–Kier alpha value is -2.80. The lowest BCUT2D eigenvalue weighted by Gasteiger charge is -2.05. The SMILES string of the molecule is CC(C)c1cnc(Nc2ccc3ncc(-c4cnn(C)c4)cc3n2)s1. The molecule has 0 bridgehead atoms. The van der Waals surface area contributed by atoms with Gasteiger partial charge in [-0.15, -0.1) is 11.3 Å². The molecule has 0 fully saturated rings. The van der Waals surface area contributed by atoms with Gasteiger partial charge < -0.3 is 5.32 Å². The van der Waals surface area contributed by atoms with Crippen molar-refractivity contribution in [3.8, 4) is 11.1 Å². The van der Waals surface area contributed by atoms with Crippen LogP contribution in [0.25, 0.3) is 22.2 Å². The molecule has 0 aliphatic rings. The predicted octanol–water partition coefficient (Wildman–Crippen LogP) is 4.35. The number of aryl methyl sites for hydroxylation is 1. The number of fused-ring (bicyclic) bond motifs is 1. The van der Waals surface area contributed by atoms with Crippen molar-refractivity contribution in [3.63, 3.8) is 0 Å². The minimum Gasteiger partial charge on any atom is -0.316 e. The molecule has 4 heterocycles. The van der Waals surface area contributed by atoms with Crippen LogP contribution in [-0.4, -0.2) is 24.7 Å². The Kier molecular flexibility index (Phi) is 3.93. The van der Waals surface area contributed by atoms with Gasteiger partial charge in [0.1, 0.15) is 5.82 Å². The molecule has 7 heteroatoms. The highest BCUT2D eigenvalue weighted by atomic mass is 32.1. The average molecular weight is 350 g/mol. The van der Waals surface area contributed by atoms with E-state index >= 15 is 0 Å². The first kappa shape index (κ1) is 15.7. The van der Waals surface area contributed by atoms with E-state index in [-0.39, 0.29) is 0 Å². The molecule has 0 unspecified atom stereocenters. The summed E-state index contributed by atoms with van der Waals surface area (Å²) >= 11 is 1.66. The van der Waals surface area contributed by atoms with Gasteiger partial charge in [-0.3, -0.25) is 9.67 Å². The molecule has 25 heavy (non-hydrogen) atoms. The van der Waals surface area contributed by atoms with Crippen LogP contribution >= 0.6 is 11.3 Å². The maximum Gasteiger partial charge on any atom is 0.188 e. The van der Waals surface area contributed by atoms with Crippen LogP contribution in [0.4, 0.5) is 10.9 Å². The van der Waals surface area contributed by atoms with Crippen molar-refractivity contribution in [1.29, 1.82) is 0 Å². The standard InChI is InChI=1S/C18H18N6S/c1-11(2)16-9-20-18(25-16)23-17-5-4-14-15(22-17)6-12(7-19-14)13-8-21-24(3)10-13/h4-11H,1-3H3,(H,20,22,23). The molecule has 4 aromatic rings. The summed E-state index contributed by atoms with van der Waals surface area (Å²) in [5.41, 5.74) is 3.73. The fourth-order valence-corrected chi connectivity index (χ4v) is 3.35. The number of hydrogen-bond donors (Lipinski definition) is 1.